The fourth-order valence-corrected chi connectivity index (χ4v) is 2.85. The second kappa shape index (κ2) is 6.10. The molecule has 0 saturated heterocycles. The van der Waals surface area contributed by atoms with E-state index in [-0.39, 0.29) is 16.3 Å². The molecule has 2 aromatic rings. The monoisotopic (exact) mass is 314 g/mol. The summed E-state index contributed by atoms with van der Waals surface area (Å²) in [6.07, 6.45) is 2.86. The molecule has 1 aromatic heterocycles. The number of rotatable bonds is 6. The number of sulfonamides is 1. The zero-order valence-electron chi connectivity index (χ0n) is 11.3. The lowest BCUT2D eigenvalue weighted by atomic mass is 10.3. The van der Waals surface area contributed by atoms with Gasteiger partial charge in [0.15, 0.2) is 0 Å². The van der Waals surface area contributed by atoms with Crippen LogP contribution in [-0.2, 0) is 21.3 Å². The van der Waals surface area contributed by atoms with Crippen molar-refractivity contribution < 1.29 is 17.5 Å². The molecule has 0 aliphatic heterocycles. The van der Waals surface area contributed by atoms with Gasteiger partial charge in [0, 0.05) is 13.3 Å². The average Bonchev–Trinajstić information content (AvgIpc) is 2.86. The highest BCUT2D eigenvalue weighted by Crippen LogP contribution is 2.22. The smallest absolute Gasteiger partial charge is 0.264 e. The summed E-state index contributed by atoms with van der Waals surface area (Å²) in [6.45, 7) is 0.936. The topological polar surface area (TPSA) is 99.2 Å². The molecule has 2 rings (SSSR count). The molecule has 0 amide bonds. The Hall–Kier alpha value is -2.13. The average molecular weight is 314 g/mol. The predicted molar refractivity (Wildman–Crippen MR) is 75.7 cm³/mol. The number of aromatic nitrogens is 2. The van der Waals surface area contributed by atoms with Gasteiger partial charge in [-0.15, -0.1) is 0 Å². The molecule has 0 aliphatic rings. The first-order chi connectivity index (χ1) is 9.92. The number of hydrogen-bond acceptors (Lipinski definition) is 5. The van der Waals surface area contributed by atoms with Crippen LogP contribution in [0.3, 0.4) is 0 Å². The fraction of sp³-hybridized carbons (Fsp3) is 0.250. The van der Waals surface area contributed by atoms with Crippen molar-refractivity contribution in [1.29, 1.82) is 0 Å². The predicted octanol–water partition coefficient (Wildman–Crippen LogP) is 1.05. The number of nitrogens with two attached hydrogens (primary N) is 1. The third-order valence-corrected chi connectivity index (χ3v) is 4.11. The highest BCUT2D eigenvalue weighted by molar-refractivity contribution is 7.92. The molecular weight excluding hydrogens is 299 g/mol. The van der Waals surface area contributed by atoms with Gasteiger partial charge in [-0.1, -0.05) is 0 Å². The van der Waals surface area contributed by atoms with E-state index in [0.717, 1.165) is 12.1 Å². The van der Waals surface area contributed by atoms with Gasteiger partial charge >= 0.3 is 0 Å². The molecule has 114 valence electrons. The summed E-state index contributed by atoms with van der Waals surface area (Å²) in [7, 11) is -2.42. The van der Waals surface area contributed by atoms with Crippen LogP contribution in [0.1, 0.15) is 0 Å². The Labute approximate surface area is 121 Å². The van der Waals surface area contributed by atoms with Crippen molar-refractivity contribution >= 4 is 21.4 Å². The van der Waals surface area contributed by atoms with Gasteiger partial charge in [-0.25, -0.2) is 12.8 Å². The second-order valence-electron chi connectivity index (χ2n) is 4.27. The van der Waals surface area contributed by atoms with Crippen LogP contribution in [0, 0.1) is 5.82 Å². The number of nitrogen functional groups attached to an aromatic ring is 1. The van der Waals surface area contributed by atoms with E-state index in [2.05, 4.69) is 9.82 Å². The Kier molecular flexibility index (Phi) is 4.43. The molecule has 0 radical (unpaired) electrons. The molecule has 0 atom stereocenters. The lowest BCUT2D eigenvalue weighted by molar-refractivity contribution is 0.183. The molecular formula is C12H15FN4O3S. The highest BCUT2D eigenvalue weighted by Gasteiger charge is 2.19. The van der Waals surface area contributed by atoms with Crippen molar-refractivity contribution in [2.45, 2.75) is 11.4 Å². The van der Waals surface area contributed by atoms with Gasteiger partial charge in [0.2, 0.25) is 0 Å². The maximum Gasteiger partial charge on any atom is 0.264 e. The summed E-state index contributed by atoms with van der Waals surface area (Å²) >= 11 is 0. The van der Waals surface area contributed by atoms with Crippen LogP contribution in [0.2, 0.25) is 0 Å². The number of anilines is 2. The second-order valence-corrected chi connectivity index (χ2v) is 5.92. The van der Waals surface area contributed by atoms with Crippen LogP contribution >= 0.6 is 0 Å². The minimum atomic E-state index is -3.97. The van der Waals surface area contributed by atoms with E-state index >= 15 is 0 Å². The van der Waals surface area contributed by atoms with Gasteiger partial charge in [-0.2, -0.15) is 5.10 Å². The summed E-state index contributed by atoms with van der Waals surface area (Å²) in [4.78, 5) is -0.313. The number of benzene rings is 1. The molecule has 9 heteroatoms. The van der Waals surface area contributed by atoms with Gasteiger partial charge in [0.25, 0.3) is 10.0 Å². The van der Waals surface area contributed by atoms with E-state index in [1.54, 1.807) is 7.11 Å². The van der Waals surface area contributed by atoms with E-state index in [4.69, 9.17) is 10.5 Å². The van der Waals surface area contributed by atoms with Gasteiger partial charge in [-0.05, 0) is 18.2 Å². The quantitative estimate of drug-likeness (QED) is 0.777. The molecule has 0 aliphatic carbocycles. The molecule has 0 bridgehead atoms. The number of methoxy groups -OCH3 is 1. The van der Waals surface area contributed by atoms with Crippen molar-refractivity contribution in [3.63, 3.8) is 0 Å². The summed E-state index contributed by atoms with van der Waals surface area (Å²) < 4.78 is 46.3. The summed E-state index contributed by atoms with van der Waals surface area (Å²) in [6, 6.07) is 3.16. The first kappa shape index (κ1) is 15.3. The van der Waals surface area contributed by atoms with Gasteiger partial charge in [-0.3, -0.25) is 9.40 Å². The molecule has 1 aromatic carbocycles. The maximum atomic E-state index is 13.2. The minimum Gasteiger partial charge on any atom is -0.398 e. The molecule has 0 fully saturated rings. The van der Waals surface area contributed by atoms with Crippen LogP contribution in [0.25, 0.3) is 0 Å². The normalized spacial score (nSPS) is 11.5. The van der Waals surface area contributed by atoms with Crippen molar-refractivity contribution in [3.8, 4) is 0 Å². The van der Waals surface area contributed by atoms with E-state index in [9.17, 15) is 12.8 Å². The van der Waals surface area contributed by atoms with E-state index in [1.807, 2.05) is 0 Å². The Morgan fingerprint density at radius 2 is 2.24 bits per heavy atom. The Bertz CT molecular complexity index is 730. The molecule has 0 spiro atoms. The number of nitrogens with one attached hydrogen (secondary N) is 1. The van der Waals surface area contributed by atoms with Gasteiger partial charge in [0.05, 0.1) is 30.7 Å². The Balaban J connectivity index is 2.21. The maximum absolute atomic E-state index is 13.2. The number of hydrogen-bond donors (Lipinski definition) is 2. The van der Waals surface area contributed by atoms with E-state index in [1.165, 1.54) is 23.1 Å². The van der Waals surface area contributed by atoms with Gasteiger partial charge < -0.3 is 10.5 Å². The fourth-order valence-electron chi connectivity index (χ4n) is 1.67. The van der Waals surface area contributed by atoms with Crippen molar-refractivity contribution in [1.82, 2.24) is 9.78 Å². The Morgan fingerprint density at radius 3 is 2.95 bits per heavy atom. The largest absolute Gasteiger partial charge is 0.398 e. The zero-order valence-corrected chi connectivity index (χ0v) is 12.1. The highest BCUT2D eigenvalue weighted by atomic mass is 32.2. The van der Waals surface area contributed by atoms with Crippen LogP contribution < -0.4 is 10.5 Å². The van der Waals surface area contributed by atoms with E-state index < -0.39 is 15.8 Å². The first-order valence-corrected chi connectivity index (χ1v) is 7.50. The molecule has 3 N–H and O–H groups in total. The SMILES string of the molecule is COCCn1cc(NS(=O)(=O)c2cc(F)ccc2N)cn1. The number of nitrogens with zero attached hydrogens (tertiary/aromatic N) is 2. The van der Waals surface area contributed by atoms with Crippen LogP contribution in [0.15, 0.2) is 35.5 Å². The summed E-state index contributed by atoms with van der Waals surface area (Å²) in [5, 5.41) is 3.98. The molecule has 0 saturated carbocycles. The van der Waals surface area contributed by atoms with E-state index in [0.29, 0.717) is 13.2 Å². The first-order valence-electron chi connectivity index (χ1n) is 6.01. The lowest BCUT2D eigenvalue weighted by Gasteiger charge is -2.08. The third-order valence-electron chi connectivity index (χ3n) is 2.68. The zero-order chi connectivity index (χ0) is 15.5. The van der Waals surface area contributed by atoms with Crippen molar-refractivity contribution in [2.75, 3.05) is 24.2 Å². The van der Waals surface area contributed by atoms with Gasteiger partial charge in [0.1, 0.15) is 10.7 Å². The Morgan fingerprint density at radius 1 is 1.48 bits per heavy atom. The molecule has 0 unspecified atom stereocenters. The number of ether oxygens (including phenoxy) is 1. The summed E-state index contributed by atoms with van der Waals surface area (Å²) in [5.41, 5.74) is 5.80. The molecule has 1 heterocycles. The lowest BCUT2D eigenvalue weighted by Crippen LogP contribution is -2.14. The number of halogens is 1. The summed E-state index contributed by atoms with van der Waals surface area (Å²) in [5.74, 6) is -0.680. The molecule has 7 nitrogen and oxygen atoms in total. The van der Waals surface area contributed by atoms with Crippen LogP contribution in [0.5, 0.6) is 0 Å². The van der Waals surface area contributed by atoms with Crippen LogP contribution in [-0.4, -0.2) is 31.9 Å². The van der Waals surface area contributed by atoms with Crippen molar-refractivity contribution in [2.24, 2.45) is 0 Å². The standard InChI is InChI=1S/C12H15FN4O3S/c1-20-5-4-17-8-10(7-15-17)16-21(18,19)12-6-9(13)2-3-11(12)14/h2-3,6-8,16H,4-5,14H2,1H3. The third kappa shape index (κ3) is 3.70. The van der Waals surface area contributed by atoms with Crippen LogP contribution in [0.4, 0.5) is 15.8 Å². The molecule has 21 heavy (non-hydrogen) atoms. The minimum absolute atomic E-state index is 0.0318. The van der Waals surface area contributed by atoms with Crippen molar-refractivity contribution in [3.05, 3.63) is 36.4 Å².